The Labute approximate surface area is 114 Å². The smallest absolute Gasteiger partial charge is 0.125 e. The number of nitrogens with zero attached hydrogens (tertiary/aromatic N) is 1. The number of hydrogen-bond acceptors (Lipinski definition) is 3. The van der Waals surface area contributed by atoms with Crippen LogP contribution in [0.1, 0.15) is 10.6 Å². The highest BCUT2D eigenvalue weighted by Crippen LogP contribution is 2.24. The van der Waals surface area contributed by atoms with Crippen LogP contribution in [0.15, 0.2) is 42.5 Å². The van der Waals surface area contributed by atoms with Crippen molar-refractivity contribution in [3.63, 3.8) is 0 Å². The topological polar surface area (TPSA) is 38.9 Å². The van der Waals surface area contributed by atoms with Gasteiger partial charge in [-0.3, -0.25) is 0 Å². The van der Waals surface area contributed by atoms with E-state index in [0.29, 0.717) is 5.52 Å². The zero-order valence-electron chi connectivity index (χ0n) is 10.0. The van der Waals surface area contributed by atoms with Gasteiger partial charge in [0.05, 0.1) is 10.2 Å². The van der Waals surface area contributed by atoms with Crippen LogP contribution in [-0.4, -0.2) is 4.98 Å². The van der Waals surface area contributed by atoms with Gasteiger partial charge in [-0.25, -0.2) is 9.37 Å². The molecule has 2 aromatic carbocycles. The zero-order valence-corrected chi connectivity index (χ0v) is 10.8. The molecule has 0 saturated heterocycles. The second kappa shape index (κ2) is 4.82. The molecule has 1 heterocycles. The van der Waals surface area contributed by atoms with Gasteiger partial charge in [-0.05, 0) is 35.9 Å². The van der Waals surface area contributed by atoms with E-state index < -0.39 is 0 Å². The van der Waals surface area contributed by atoms with Crippen LogP contribution in [-0.2, 0) is 0 Å². The average molecular weight is 270 g/mol. The van der Waals surface area contributed by atoms with Gasteiger partial charge in [0, 0.05) is 11.8 Å². The molecule has 0 spiro atoms. The number of rotatable bonds is 2. The fraction of sp³-hybridized carbons (Fsp3) is 0. The second-order valence-corrected chi connectivity index (χ2v) is 5.23. The number of halogens is 1. The Morgan fingerprint density at radius 3 is 2.84 bits per heavy atom. The maximum absolute atomic E-state index is 13.1. The third kappa shape index (κ3) is 2.63. The molecule has 3 rings (SSSR count). The van der Waals surface area contributed by atoms with E-state index >= 15 is 0 Å². The molecule has 0 aliphatic rings. The molecule has 0 radical (unpaired) electrons. The Hall–Kier alpha value is -2.20. The number of hydrogen-bond donors (Lipinski definition) is 1. The Morgan fingerprint density at radius 2 is 2.00 bits per heavy atom. The minimum absolute atomic E-state index is 0.260. The third-order valence-corrected chi connectivity index (χ3v) is 3.70. The van der Waals surface area contributed by atoms with E-state index in [-0.39, 0.29) is 5.82 Å². The summed E-state index contributed by atoms with van der Waals surface area (Å²) in [5.41, 5.74) is 8.16. The summed E-state index contributed by atoms with van der Waals surface area (Å²) in [6.07, 6.45) is 3.86. The molecule has 0 bridgehead atoms. The molecular weight excluding hydrogens is 259 g/mol. The summed E-state index contributed by atoms with van der Waals surface area (Å²) in [6.45, 7) is 0. The van der Waals surface area contributed by atoms with Crippen LogP contribution in [0.25, 0.3) is 22.4 Å². The first-order valence-electron chi connectivity index (χ1n) is 5.80. The van der Waals surface area contributed by atoms with Crippen molar-refractivity contribution in [2.45, 2.75) is 0 Å². The van der Waals surface area contributed by atoms with Gasteiger partial charge in [0.1, 0.15) is 10.8 Å². The van der Waals surface area contributed by atoms with Crippen molar-refractivity contribution in [2.24, 2.45) is 0 Å². The monoisotopic (exact) mass is 270 g/mol. The van der Waals surface area contributed by atoms with Crippen LogP contribution in [0.3, 0.4) is 0 Å². The van der Waals surface area contributed by atoms with Gasteiger partial charge in [-0.2, -0.15) is 0 Å². The Bertz CT molecular complexity index is 762. The van der Waals surface area contributed by atoms with Crippen molar-refractivity contribution in [1.29, 1.82) is 0 Å². The van der Waals surface area contributed by atoms with Gasteiger partial charge in [0.15, 0.2) is 0 Å². The molecule has 0 aliphatic heterocycles. The van der Waals surface area contributed by atoms with E-state index in [0.717, 1.165) is 21.0 Å². The van der Waals surface area contributed by atoms with Crippen LogP contribution in [0.5, 0.6) is 0 Å². The SMILES string of the molecule is Nc1cccc(C=Cc2nc3cc(F)ccc3s2)c1. The summed E-state index contributed by atoms with van der Waals surface area (Å²) in [6, 6.07) is 12.3. The Kier molecular flexibility index (Phi) is 3.01. The minimum Gasteiger partial charge on any atom is -0.399 e. The van der Waals surface area contributed by atoms with Crippen molar-refractivity contribution < 1.29 is 4.39 Å². The molecule has 0 saturated carbocycles. The van der Waals surface area contributed by atoms with Crippen molar-refractivity contribution >= 4 is 39.4 Å². The van der Waals surface area contributed by atoms with Gasteiger partial charge < -0.3 is 5.73 Å². The Morgan fingerprint density at radius 1 is 1.11 bits per heavy atom. The first-order chi connectivity index (χ1) is 9.20. The number of anilines is 1. The van der Waals surface area contributed by atoms with Crippen molar-refractivity contribution in [2.75, 3.05) is 5.73 Å². The first kappa shape index (κ1) is 11.9. The molecule has 1 aromatic heterocycles. The quantitative estimate of drug-likeness (QED) is 0.709. The fourth-order valence-electron chi connectivity index (χ4n) is 1.82. The molecule has 2 N–H and O–H groups in total. The number of thiazole rings is 1. The summed E-state index contributed by atoms with van der Waals surface area (Å²) in [7, 11) is 0. The minimum atomic E-state index is -0.260. The van der Waals surface area contributed by atoms with Crippen LogP contribution >= 0.6 is 11.3 Å². The number of nitrogens with two attached hydrogens (primary N) is 1. The highest BCUT2D eigenvalue weighted by Gasteiger charge is 2.02. The molecule has 0 amide bonds. The highest BCUT2D eigenvalue weighted by atomic mass is 32.1. The molecule has 0 unspecified atom stereocenters. The summed E-state index contributed by atoms with van der Waals surface area (Å²) >= 11 is 1.53. The number of nitrogen functional groups attached to an aromatic ring is 1. The molecule has 94 valence electrons. The molecule has 4 heteroatoms. The number of fused-ring (bicyclic) bond motifs is 1. The van der Waals surface area contributed by atoms with E-state index in [2.05, 4.69) is 4.98 Å². The molecule has 0 fully saturated rings. The first-order valence-corrected chi connectivity index (χ1v) is 6.62. The average Bonchev–Trinajstić information content (AvgIpc) is 2.78. The molecule has 19 heavy (non-hydrogen) atoms. The van der Waals surface area contributed by atoms with Crippen molar-refractivity contribution in [1.82, 2.24) is 4.98 Å². The lowest BCUT2D eigenvalue weighted by Gasteiger charge is -1.94. The van der Waals surface area contributed by atoms with Crippen LogP contribution in [0, 0.1) is 5.82 Å². The lowest BCUT2D eigenvalue weighted by Crippen LogP contribution is -1.83. The van der Waals surface area contributed by atoms with Gasteiger partial charge in [0.25, 0.3) is 0 Å². The van der Waals surface area contributed by atoms with Gasteiger partial charge in [0.2, 0.25) is 0 Å². The predicted octanol–water partition coefficient (Wildman–Crippen LogP) is 4.19. The van der Waals surface area contributed by atoms with E-state index in [1.807, 2.05) is 36.4 Å². The van der Waals surface area contributed by atoms with Crippen LogP contribution in [0.4, 0.5) is 10.1 Å². The van der Waals surface area contributed by atoms with Crippen molar-refractivity contribution in [3.8, 4) is 0 Å². The molecule has 0 atom stereocenters. The summed E-state index contributed by atoms with van der Waals surface area (Å²) in [5.74, 6) is -0.260. The van der Waals surface area contributed by atoms with E-state index in [9.17, 15) is 4.39 Å². The number of aromatic nitrogens is 1. The molecule has 3 aromatic rings. The fourth-order valence-corrected chi connectivity index (χ4v) is 2.67. The lowest BCUT2D eigenvalue weighted by molar-refractivity contribution is 0.629. The van der Waals surface area contributed by atoms with Crippen LogP contribution in [0.2, 0.25) is 0 Å². The van der Waals surface area contributed by atoms with E-state index in [1.165, 1.54) is 23.5 Å². The maximum atomic E-state index is 13.1. The molecular formula is C15H11FN2S. The largest absolute Gasteiger partial charge is 0.399 e. The summed E-state index contributed by atoms with van der Waals surface area (Å²) in [5, 5.41) is 0.850. The second-order valence-electron chi connectivity index (χ2n) is 4.17. The highest BCUT2D eigenvalue weighted by molar-refractivity contribution is 7.19. The van der Waals surface area contributed by atoms with Gasteiger partial charge in [-0.1, -0.05) is 18.2 Å². The lowest BCUT2D eigenvalue weighted by atomic mass is 10.2. The third-order valence-electron chi connectivity index (χ3n) is 2.70. The Balaban J connectivity index is 1.92. The predicted molar refractivity (Wildman–Crippen MR) is 79.4 cm³/mol. The van der Waals surface area contributed by atoms with Crippen LogP contribution < -0.4 is 5.73 Å². The maximum Gasteiger partial charge on any atom is 0.125 e. The van der Waals surface area contributed by atoms with Gasteiger partial charge in [-0.15, -0.1) is 11.3 Å². The molecule has 0 aliphatic carbocycles. The number of benzene rings is 2. The normalized spacial score (nSPS) is 11.4. The summed E-state index contributed by atoms with van der Waals surface area (Å²) < 4.78 is 14.1. The van der Waals surface area contributed by atoms with Crippen molar-refractivity contribution in [3.05, 3.63) is 58.9 Å². The summed E-state index contributed by atoms with van der Waals surface area (Å²) in [4.78, 5) is 4.37. The van der Waals surface area contributed by atoms with E-state index in [1.54, 1.807) is 6.07 Å². The van der Waals surface area contributed by atoms with Gasteiger partial charge >= 0.3 is 0 Å². The van der Waals surface area contributed by atoms with E-state index in [4.69, 9.17) is 5.73 Å². The molecule has 2 nitrogen and oxygen atoms in total. The zero-order chi connectivity index (χ0) is 13.2. The standard InChI is InChI=1S/C15H11FN2S/c16-11-5-6-14-13(9-11)18-15(19-14)7-4-10-2-1-3-12(17)8-10/h1-9H,17H2.